The Morgan fingerprint density at radius 3 is 2.86 bits per heavy atom. The van der Waals surface area contributed by atoms with Crippen molar-refractivity contribution in [2.24, 2.45) is 0 Å². The molecule has 1 saturated heterocycles. The fraction of sp³-hybridized carbons (Fsp3) is 0.650. The maximum atomic E-state index is 12.4. The van der Waals surface area contributed by atoms with E-state index in [0.29, 0.717) is 5.69 Å². The molecule has 28 heavy (non-hydrogen) atoms. The van der Waals surface area contributed by atoms with Crippen LogP contribution in [0.2, 0.25) is 0 Å². The number of aryl methyl sites for hydroxylation is 2. The molecule has 0 bridgehead atoms. The van der Waals surface area contributed by atoms with Crippen molar-refractivity contribution in [3.63, 3.8) is 0 Å². The van der Waals surface area contributed by atoms with Crippen molar-refractivity contribution in [2.75, 3.05) is 18.0 Å². The molecule has 8 nitrogen and oxygen atoms in total. The molecule has 0 aromatic carbocycles. The molecule has 1 N–H and O–H groups in total. The van der Waals surface area contributed by atoms with Crippen molar-refractivity contribution >= 4 is 11.7 Å². The van der Waals surface area contributed by atoms with Gasteiger partial charge >= 0.3 is 0 Å². The average Bonchev–Trinajstić information content (AvgIpc) is 3.40. The Hall–Kier alpha value is -2.51. The summed E-state index contributed by atoms with van der Waals surface area (Å²) in [6, 6.07) is 0.477. The highest BCUT2D eigenvalue weighted by molar-refractivity contribution is 5.92. The summed E-state index contributed by atoms with van der Waals surface area (Å²) in [5, 5.41) is 11.5. The highest BCUT2D eigenvalue weighted by atomic mass is 16.2. The summed E-state index contributed by atoms with van der Waals surface area (Å²) in [5.41, 5.74) is 1.58. The van der Waals surface area contributed by atoms with Crippen LogP contribution in [0.25, 0.3) is 0 Å². The van der Waals surface area contributed by atoms with Crippen LogP contribution < -0.4 is 10.2 Å². The molecule has 1 saturated carbocycles. The molecule has 2 aromatic heterocycles. The second-order valence-corrected chi connectivity index (χ2v) is 7.90. The zero-order valence-corrected chi connectivity index (χ0v) is 16.8. The number of nitrogens with one attached hydrogen (secondary N) is 1. The molecule has 1 atom stereocenters. The molecule has 1 aliphatic carbocycles. The fourth-order valence-corrected chi connectivity index (χ4v) is 4.26. The van der Waals surface area contributed by atoms with Crippen LogP contribution in [0.5, 0.6) is 0 Å². The van der Waals surface area contributed by atoms with E-state index in [4.69, 9.17) is 4.98 Å². The highest BCUT2D eigenvalue weighted by Crippen LogP contribution is 2.27. The zero-order chi connectivity index (χ0) is 19.5. The molecule has 150 valence electrons. The first-order chi connectivity index (χ1) is 13.6. The Labute approximate surface area is 165 Å². The first-order valence-electron chi connectivity index (χ1n) is 10.4. The van der Waals surface area contributed by atoms with Crippen LogP contribution in [0, 0.1) is 6.92 Å². The van der Waals surface area contributed by atoms with E-state index in [1.165, 1.54) is 18.4 Å². The van der Waals surface area contributed by atoms with Gasteiger partial charge in [-0.1, -0.05) is 25.0 Å². The summed E-state index contributed by atoms with van der Waals surface area (Å²) in [7, 11) is 0. The zero-order valence-electron chi connectivity index (χ0n) is 16.8. The van der Waals surface area contributed by atoms with Crippen molar-refractivity contribution in [3.8, 4) is 0 Å². The van der Waals surface area contributed by atoms with Gasteiger partial charge in [-0.25, -0.2) is 14.6 Å². The number of anilines is 1. The van der Waals surface area contributed by atoms with E-state index in [1.807, 2.05) is 17.8 Å². The van der Waals surface area contributed by atoms with Crippen LogP contribution in [0.15, 0.2) is 12.4 Å². The van der Waals surface area contributed by atoms with E-state index < -0.39 is 0 Å². The number of carbonyl (C=O) groups excluding carboxylic acids is 1. The van der Waals surface area contributed by atoms with Crippen molar-refractivity contribution in [2.45, 2.75) is 70.9 Å². The number of hydrogen-bond donors (Lipinski definition) is 1. The summed E-state index contributed by atoms with van der Waals surface area (Å²) >= 11 is 0. The molecule has 1 amide bonds. The Morgan fingerprint density at radius 2 is 2.07 bits per heavy atom. The lowest BCUT2D eigenvalue weighted by molar-refractivity contribution is 0.0932. The maximum absolute atomic E-state index is 12.4. The molecule has 2 aromatic rings. The second-order valence-electron chi connectivity index (χ2n) is 7.90. The molecular formula is C20H29N7O. The maximum Gasteiger partial charge on any atom is 0.273 e. The molecule has 0 unspecified atom stereocenters. The molecule has 3 heterocycles. The van der Waals surface area contributed by atoms with Crippen LogP contribution >= 0.6 is 0 Å². The van der Waals surface area contributed by atoms with Crippen molar-refractivity contribution in [3.05, 3.63) is 29.5 Å². The lowest BCUT2D eigenvalue weighted by atomic mass is 10.0. The molecular weight excluding hydrogens is 354 g/mol. The van der Waals surface area contributed by atoms with E-state index in [1.54, 1.807) is 6.20 Å². The van der Waals surface area contributed by atoms with Gasteiger partial charge in [0.2, 0.25) is 0 Å². The third-order valence-corrected chi connectivity index (χ3v) is 5.85. The Bertz CT molecular complexity index is 828. The third-order valence-electron chi connectivity index (χ3n) is 5.85. The first-order valence-corrected chi connectivity index (χ1v) is 10.4. The van der Waals surface area contributed by atoms with Crippen molar-refractivity contribution in [1.82, 2.24) is 30.3 Å². The highest BCUT2D eigenvalue weighted by Gasteiger charge is 2.26. The van der Waals surface area contributed by atoms with Gasteiger partial charge < -0.3 is 10.2 Å². The first kappa shape index (κ1) is 18.8. The van der Waals surface area contributed by atoms with Gasteiger partial charge in [0.25, 0.3) is 5.91 Å². The topological polar surface area (TPSA) is 88.8 Å². The monoisotopic (exact) mass is 383 g/mol. The normalized spacial score (nSPS) is 20.5. The van der Waals surface area contributed by atoms with E-state index in [0.717, 1.165) is 56.8 Å². The predicted molar refractivity (Wildman–Crippen MR) is 106 cm³/mol. The predicted octanol–water partition coefficient (Wildman–Crippen LogP) is 2.45. The Morgan fingerprint density at radius 1 is 1.25 bits per heavy atom. The summed E-state index contributed by atoms with van der Waals surface area (Å²) < 4.78 is 1.86. The van der Waals surface area contributed by atoms with Gasteiger partial charge in [-0.2, -0.15) is 0 Å². The van der Waals surface area contributed by atoms with E-state index in [2.05, 4.69) is 32.4 Å². The molecule has 2 fully saturated rings. The van der Waals surface area contributed by atoms with Crippen LogP contribution in [0.3, 0.4) is 0 Å². The SMILES string of the molecule is CCc1cnc(C)nc1N1CCC[C@@H](n2cc(C(=O)NC3CCCC3)nn2)C1. The number of piperidine rings is 1. The fourth-order valence-electron chi connectivity index (χ4n) is 4.26. The summed E-state index contributed by atoms with van der Waals surface area (Å²) in [5.74, 6) is 1.71. The minimum absolute atomic E-state index is 0.106. The molecule has 0 radical (unpaired) electrons. The lowest BCUT2D eigenvalue weighted by Gasteiger charge is -2.34. The second kappa shape index (κ2) is 8.24. The van der Waals surface area contributed by atoms with Gasteiger partial charge in [-0.3, -0.25) is 4.79 Å². The van der Waals surface area contributed by atoms with Gasteiger partial charge in [0.05, 0.1) is 12.2 Å². The minimum Gasteiger partial charge on any atom is -0.354 e. The standard InChI is InChI=1S/C20H29N7O/c1-3-15-11-21-14(2)22-19(15)26-10-6-9-17(12-26)27-13-18(24-25-27)20(28)23-16-7-4-5-8-16/h11,13,16-17H,3-10,12H2,1-2H3,(H,23,28)/t17-/m1/s1. The Balaban J connectivity index is 1.46. The van der Waals surface area contributed by atoms with Crippen LogP contribution in [0.4, 0.5) is 5.82 Å². The van der Waals surface area contributed by atoms with Crippen LogP contribution in [-0.4, -0.2) is 50.0 Å². The van der Waals surface area contributed by atoms with Crippen LogP contribution in [0.1, 0.15) is 73.4 Å². The largest absolute Gasteiger partial charge is 0.354 e. The Kier molecular flexibility index (Phi) is 5.54. The van der Waals surface area contributed by atoms with Gasteiger partial charge in [-0.05, 0) is 39.0 Å². The summed E-state index contributed by atoms with van der Waals surface area (Å²) in [4.78, 5) is 23.8. The van der Waals surface area contributed by atoms with E-state index in [9.17, 15) is 4.79 Å². The van der Waals surface area contributed by atoms with Gasteiger partial charge in [-0.15, -0.1) is 5.10 Å². The minimum atomic E-state index is -0.106. The number of aromatic nitrogens is 5. The van der Waals surface area contributed by atoms with Gasteiger partial charge in [0, 0.05) is 30.9 Å². The average molecular weight is 384 g/mol. The smallest absolute Gasteiger partial charge is 0.273 e. The van der Waals surface area contributed by atoms with E-state index >= 15 is 0 Å². The number of carbonyl (C=O) groups is 1. The number of rotatable bonds is 5. The third kappa shape index (κ3) is 4.00. The number of hydrogen-bond acceptors (Lipinski definition) is 6. The number of amides is 1. The molecule has 2 aliphatic rings. The van der Waals surface area contributed by atoms with Crippen molar-refractivity contribution in [1.29, 1.82) is 0 Å². The van der Waals surface area contributed by atoms with Crippen LogP contribution in [-0.2, 0) is 6.42 Å². The van der Waals surface area contributed by atoms with Crippen molar-refractivity contribution < 1.29 is 4.79 Å². The quantitative estimate of drug-likeness (QED) is 0.853. The number of nitrogens with zero attached hydrogens (tertiary/aromatic N) is 6. The summed E-state index contributed by atoms with van der Waals surface area (Å²) in [6.45, 7) is 5.85. The molecule has 1 aliphatic heterocycles. The molecule has 4 rings (SSSR count). The molecule has 8 heteroatoms. The van der Waals surface area contributed by atoms with E-state index in [-0.39, 0.29) is 18.0 Å². The molecule has 0 spiro atoms. The summed E-state index contributed by atoms with van der Waals surface area (Å²) in [6.07, 6.45) is 11.2. The van der Waals surface area contributed by atoms with Gasteiger partial charge in [0.1, 0.15) is 11.6 Å². The van der Waals surface area contributed by atoms with Gasteiger partial charge in [0.15, 0.2) is 5.69 Å². The lowest BCUT2D eigenvalue weighted by Crippen LogP contribution is -2.38.